The summed E-state index contributed by atoms with van der Waals surface area (Å²) in [7, 11) is 0. The Balaban J connectivity index is 1.45. The molecule has 0 radical (unpaired) electrons. The Hall–Kier alpha value is -2.08. The first-order valence-corrected chi connectivity index (χ1v) is 8.81. The Labute approximate surface area is 148 Å². The number of halogens is 1. The maximum atomic E-state index is 11.8. The van der Waals surface area contributed by atoms with Gasteiger partial charge in [0.15, 0.2) is 0 Å². The highest BCUT2D eigenvalue weighted by Crippen LogP contribution is 2.29. The van der Waals surface area contributed by atoms with Gasteiger partial charge in [0.1, 0.15) is 11.5 Å². The smallest absolute Gasteiger partial charge is 0.239 e. The van der Waals surface area contributed by atoms with Crippen LogP contribution in [-0.2, 0) is 16.0 Å². The Morgan fingerprint density at radius 2 is 1.92 bits per heavy atom. The summed E-state index contributed by atoms with van der Waals surface area (Å²) in [6.07, 6.45) is 2.87. The molecule has 1 aliphatic rings. The van der Waals surface area contributed by atoms with Gasteiger partial charge < -0.3 is 15.1 Å². The van der Waals surface area contributed by atoms with Crippen LogP contribution in [0.2, 0.25) is 0 Å². The second-order valence-electron chi connectivity index (χ2n) is 5.86. The molecule has 0 aliphatic heterocycles. The van der Waals surface area contributed by atoms with Crippen molar-refractivity contribution in [3.63, 3.8) is 0 Å². The van der Waals surface area contributed by atoms with Gasteiger partial charge in [-0.1, -0.05) is 34.1 Å². The van der Waals surface area contributed by atoms with Crippen LogP contribution < -0.4 is 10.6 Å². The van der Waals surface area contributed by atoms with E-state index in [0.29, 0.717) is 18.9 Å². The van der Waals surface area contributed by atoms with E-state index in [-0.39, 0.29) is 18.4 Å². The topological polar surface area (TPSA) is 71.3 Å². The molecule has 0 atom stereocenters. The van der Waals surface area contributed by atoms with Crippen molar-refractivity contribution in [1.29, 1.82) is 0 Å². The van der Waals surface area contributed by atoms with E-state index < -0.39 is 0 Å². The number of carbonyl (C=O) groups excluding carboxylic acids is 2. The van der Waals surface area contributed by atoms with Crippen LogP contribution in [0.1, 0.15) is 25.0 Å². The average molecular weight is 391 g/mol. The highest BCUT2D eigenvalue weighted by molar-refractivity contribution is 9.10. The van der Waals surface area contributed by atoms with Crippen LogP contribution in [0.15, 0.2) is 45.3 Å². The summed E-state index contributed by atoms with van der Waals surface area (Å²) < 4.78 is 6.76. The van der Waals surface area contributed by atoms with Crippen LogP contribution in [-0.4, -0.2) is 24.4 Å². The van der Waals surface area contributed by atoms with Crippen LogP contribution in [0.5, 0.6) is 0 Å². The summed E-state index contributed by atoms with van der Waals surface area (Å²) in [6.45, 7) is 0.0374. The van der Waals surface area contributed by atoms with Gasteiger partial charge in [-0.3, -0.25) is 9.59 Å². The van der Waals surface area contributed by atoms with E-state index >= 15 is 0 Å². The van der Waals surface area contributed by atoms with Gasteiger partial charge in [-0.2, -0.15) is 0 Å². The summed E-state index contributed by atoms with van der Waals surface area (Å²) in [5.41, 5.74) is 0.977. The Morgan fingerprint density at radius 1 is 1.12 bits per heavy atom. The molecule has 126 valence electrons. The predicted molar refractivity (Wildman–Crippen MR) is 94.3 cm³/mol. The van der Waals surface area contributed by atoms with Gasteiger partial charge in [0.05, 0.1) is 6.54 Å². The molecular formula is C18H19BrN2O3. The largest absolute Gasteiger partial charge is 0.461 e. The fourth-order valence-corrected chi connectivity index (χ4v) is 2.81. The maximum absolute atomic E-state index is 11.8. The van der Waals surface area contributed by atoms with E-state index in [0.717, 1.165) is 34.4 Å². The van der Waals surface area contributed by atoms with Crippen molar-refractivity contribution in [2.24, 2.45) is 0 Å². The van der Waals surface area contributed by atoms with Crippen molar-refractivity contribution in [2.45, 2.75) is 31.7 Å². The third-order valence-corrected chi connectivity index (χ3v) is 4.48. The molecule has 0 bridgehead atoms. The number of hydrogen-bond donors (Lipinski definition) is 2. The van der Waals surface area contributed by atoms with Crippen molar-refractivity contribution in [1.82, 2.24) is 10.6 Å². The lowest BCUT2D eigenvalue weighted by Gasteiger charge is -2.05. The van der Waals surface area contributed by atoms with Crippen molar-refractivity contribution in [3.8, 4) is 11.3 Å². The molecule has 6 heteroatoms. The van der Waals surface area contributed by atoms with Crippen LogP contribution in [0.3, 0.4) is 0 Å². The van der Waals surface area contributed by atoms with Gasteiger partial charge in [-0.15, -0.1) is 0 Å². The molecule has 1 aliphatic carbocycles. The molecule has 5 nitrogen and oxygen atoms in total. The standard InChI is InChI=1S/C18H19BrN2O3/c19-15-4-2-1-3-14(15)16-9-7-13(24-16)8-10-17(22)20-11-18(23)21-12-5-6-12/h1-4,7,9,12H,5-6,8,10-11H2,(H,20,22)(H,21,23). The van der Waals surface area contributed by atoms with E-state index in [1.54, 1.807) is 0 Å². The van der Waals surface area contributed by atoms with Crippen LogP contribution in [0, 0.1) is 0 Å². The number of nitrogens with one attached hydrogen (secondary N) is 2. The molecule has 1 fully saturated rings. The highest BCUT2D eigenvalue weighted by Gasteiger charge is 2.23. The van der Waals surface area contributed by atoms with Crippen LogP contribution >= 0.6 is 15.9 Å². The predicted octanol–water partition coefficient (Wildman–Crippen LogP) is 3.04. The molecule has 0 saturated heterocycles. The summed E-state index contributed by atoms with van der Waals surface area (Å²) in [5, 5.41) is 5.47. The van der Waals surface area contributed by atoms with Gasteiger partial charge in [-0.05, 0) is 31.0 Å². The number of aryl methyl sites for hydroxylation is 1. The fraction of sp³-hybridized carbons (Fsp3) is 0.333. The molecule has 1 saturated carbocycles. The van der Waals surface area contributed by atoms with Crippen molar-refractivity contribution < 1.29 is 14.0 Å². The van der Waals surface area contributed by atoms with E-state index in [4.69, 9.17) is 4.42 Å². The first kappa shape index (κ1) is 16.8. The second-order valence-corrected chi connectivity index (χ2v) is 6.72. The van der Waals surface area contributed by atoms with Crippen molar-refractivity contribution >= 4 is 27.7 Å². The maximum Gasteiger partial charge on any atom is 0.239 e. The van der Waals surface area contributed by atoms with Crippen molar-refractivity contribution in [2.75, 3.05) is 6.54 Å². The third-order valence-electron chi connectivity index (χ3n) is 3.79. The van der Waals surface area contributed by atoms with Gasteiger partial charge in [0.25, 0.3) is 0 Å². The second kappa shape index (κ2) is 7.66. The number of rotatable bonds is 7. The zero-order valence-electron chi connectivity index (χ0n) is 13.2. The minimum Gasteiger partial charge on any atom is -0.461 e. The molecule has 2 N–H and O–H groups in total. The van der Waals surface area contributed by atoms with Gasteiger partial charge in [-0.25, -0.2) is 0 Å². The molecule has 1 aromatic heterocycles. The van der Waals surface area contributed by atoms with Gasteiger partial charge in [0, 0.05) is 28.9 Å². The summed E-state index contributed by atoms with van der Waals surface area (Å²) in [6, 6.07) is 11.9. The quantitative estimate of drug-likeness (QED) is 0.762. The molecule has 0 spiro atoms. The summed E-state index contributed by atoms with van der Waals surface area (Å²) >= 11 is 3.50. The Morgan fingerprint density at radius 3 is 2.67 bits per heavy atom. The van der Waals surface area contributed by atoms with Crippen LogP contribution in [0.4, 0.5) is 0 Å². The zero-order chi connectivity index (χ0) is 16.9. The van der Waals surface area contributed by atoms with E-state index in [1.165, 1.54) is 0 Å². The fourth-order valence-electron chi connectivity index (χ4n) is 2.33. The van der Waals surface area contributed by atoms with Crippen LogP contribution in [0.25, 0.3) is 11.3 Å². The first-order valence-electron chi connectivity index (χ1n) is 8.01. The lowest BCUT2D eigenvalue weighted by Crippen LogP contribution is -2.37. The molecule has 2 aromatic rings. The lowest BCUT2D eigenvalue weighted by molar-refractivity contribution is -0.126. The highest BCUT2D eigenvalue weighted by atomic mass is 79.9. The summed E-state index contributed by atoms with van der Waals surface area (Å²) in [4.78, 5) is 23.3. The minimum atomic E-state index is -0.153. The number of hydrogen-bond acceptors (Lipinski definition) is 3. The molecule has 1 heterocycles. The molecule has 2 amide bonds. The number of furan rings is 1. The lowest BCUT2D eigenvalue weighted by atomic mass is 10.2. The molecule has 3 rings (SSSR count). The summed E-state index contributed by atoms with van der Waals surface area (Å²) in [5.74, 6) is 1.24. The molecule has 0 unspecified atom stereocenters. The minimum absolute atomic E-state index is 0.0374. The normalized spacial score (nSPS) is 13.5. The van der Waals surface area contributed by atoms with E-state index in [2.05, 4.69) is 26.6 Å². The SMILES string of the molecule is O=C(CCc1ccc(-c2ccccc2Br)o1)NCC(=O)NC1CC1. The Kier molecular flexibility index (Phi) is 5.35. The van der Waals surface area contributed by atoms with E-state index in [9.17, 15) is 9.59 Å². The van der Waals surface area contributed by atoms with Gasteiger partial charge in [0.2, 0.25) is 11.8 Å². The monoisotopic (exact) mass is 390 g/mol. The number of carbonyl (C=O) groups is 2. The molecule has 1 aromatic carbocycles. The first-order chi connectivity index (χ1) is 11.6. The van der Waals surface area contributed by atoms with E-state index in [1.807, 2.05) is 36.4 Å². The molecular weight excluding hydrogens is 372 g/mol. The molecule has 24 heavy (non-hydrogen) atoms. The number of amides is 2. The van der Waals surface area contributed by atoms with Crippen molar-refractivity contribution in [3.05, 3.63) is 46.6 Å². The Bertz CT molecular complexity index is 737. The number of benzene rings is 1. The average Bonchev–Trinajstić information content (AvgIpc) is 3.26. The third kappa shape index (κ3) is 4.71. The zero-order valence-corrected chi connectivity index (χ0v) is 14.8. The van der Waals surface area contributed by atoms with Gasteiger partial charge >= 0.3 is 0 Å².